The molecule has 2 heterocycles. The lowest BCUT2D eigenvalue weighted by Gasteiger charge is -2.08. The molecule has 8 nitrogen and oxygen atoms in total. The smallest absolute Gasteiger partial charge is 0.251 e. The Morgan fingerprint density at radius 2 is 1.88 bits per heavy atom. The summed E-state index contributed by atoms with van der Waals surface area (Å²) in [6.07, 6.45) is 1.35. The largest absolute Gasteiger partial charge is 0.497 e. The van der Waals surface area contributed by atoms with Gasteiger partial charge in [0.2, 0.25) is 0 Å². The Morgan fingerprint density at radius 3 is 2.66 bits per heavy atom. The molecule has 164 valence electrons. The second-order valence-corrected chi connectivity index (χ2v) is 7.58. The van der Waals surface area contributed by atoms with Gasteiger partial charge >= 0.3 is 0 Å². The fraction of sp³-hybridized carbons (Fsp3) is 0.217. The molecule has 0 spiro atoms. The minimum atomic E-state index is -0.185. The zero-order valence-electron chi connectivity index (χ0n) is 17.6. The van der Waals surface area contributed by atoms with E-state index in [1.807, 2.05) is 36.4 Å². The topological polar surface area (TPSA) is 93.4 Å². The quantitative estimate of drug-likeness (QED) is 0.406. The molecule has 0 saturated carbocycles. The van der Waals surface area contributed by atoms with Crippen LogP contribution in [0.1, 0.15) is 21.7 Å². The second-order valence-electron chi connectivity index (χ2n) is 7.15. The van der Waals surface area contributed by atoms with E-state index in [4.69, 9.17) is 16.3 Å². The predicted octanol–water partition coefficient (Wildman–Crippen LogP) is 3.41. The highest BCUT2D eigenvalue weighted by atomic mass is 35.5. The first-order chi connectivity index (χ1) is 15.6. The van der Waals surface area contributed by atoms with Gasteiger partial charge in [0.05, 0.1) is 7.11 Å². The van der Waals surface area contributed by atoms with Crippen molar-refractivity contribution < 1.29 is 9.53 Å². The van der Waals surface area contributed by atoms with Crippen molar-refractivity contribution in [3.63, 3.8) is 0 Å². The lowest BCUT2D eigenvalue weighted by Crippen LogP contribution is -2.26. The van der Waals surface area contributed by atoms with Crippen molar-refractivity contribution in [3.8, 4) is 5.75 Å². The van der Waals surface area contributed by atoms with E-state index in [9.17, 15) is 4.79 Å². The highest BCUT2D eigenvalue weighted by Gasteiger charge is 2.10. The maximum Gasteiger partial charge on any atom is 0.251 e. The van der Waals surface area contributed by atoms with Gasteiger partial charge in [-0.05, 0) is 54.4 Å². The number of amides is 1. The van der Waals surface area contributed by atoms with Crippen LogP contribution in [0.4, 0.5) is 5.82 Å². The molecule has 0 atom stereocenters. The van der Waals surface area contributed by atoms with Gasteiger partial charge in [0.1, 0.15) is 11.6 Å². The number of nitrogens with zero attached hydrogens (tertiary/aromatic N) is 4. The van der Waals surface area contributed by atoms with Crippen LogP contribution in [0.5, 0.6) is 5.75 Å². The number of aromatic nitrogens is 4. The fourth-order valence-electron chi connectivity index (χ4n) is 3.23. The van der Waals surface area contributed by atoms with Gasteiger partial charge in [-0.1, -0.05) is 29.8 Å². The van der Waals surface area contributed by atoms with Crippen LogP contribution in [-0.4, -0.2) is 45.9 Å². The number of nitrogens with one attached hydrogen (secondary N) is 2. The third kappa shape index (κ3) is 5.33. The highest BCUT2D eigenvalue weighted by molar-refractivity contribution is 6.30. The van der Waals surface area contributed by atoms with Crippen LogP contribution in [0, 0.1) is 0 Å². The van der Waals surface area contributed by atoms with E-state index in [1.165, 1.54) is 5.56 Å². The number of rotatable bonds is 9. The number of benzene rings is 2. The molecule has 1 amide bonds. The molecule has 0 fully saturated rings. The van der Waals surface area contributed by atoms with Crippen molar-refractivity contribution in [1.82, 2.24) is 25.1 Å². The fourth-order valence-corrected chi connectivity index (χ4v) is 3.42. The van der Waals surface area contributed by atoms with Crippen molar-refractivity contribution in [1.29, 1.82) is 0 Å². The van der Waals surface area contributed by atoms with E-state index < -0.39 is 0 Å². The second kappa shape index (κ2) is 10.1. The van der Waals surface area contributed by atoms with Crippen LogP contribution in [0.3, 0.4) is 0 Å². The van der Waals surface area contributed by atoms with Gasteiger partial charge in [0.25, 0.3) is 5.91 Å². The summed E-state index contributed by atoms with van der Waals surface area (Å²) in [6, 6.07) is 18.6. The van der Waals surface area contributed by atoms with Crippen molar-refractivity contribution in [3.05, 3.63) is 82.6 Å². The van der Waals surface area contributed by atoms with Gasteiger partial charge in [0, 0.05) is 30.1 Å². The molecule has 2 aromatic carbocycles. The van der Waals surface area contributed by atoms with Crippen LogP contribution < -0.4 is 15.4 Å². The molecule has 0 saturated heterocycles. The summed E-state index contributed by atoms with van der Waals surface area (Å²) < 4.78 is 6.88. The number of halogens is 1. The summed E-state index contributed by atoms with van der Waals surface area (Å²) in [7, 11) is 1.66. The zero-order chi connectivity index (χ0) is 22.3. The molecule has 2 aromatic heterocycles. The first kappa shape index (κ1) is 21.6. The summed E-state index contributed by atoms with van der Waals surface area (Å²) in [4.78, 5) is 12.3. The zero-order valence-corrected chi connectivity index (χ0v) is 18.3. The van der Waals surface area contributed by atoms with E-state index in [-0.39, 0.29) is 5.91 Å². The van der Waals surface area contributed by atoms with Crippen molar-refractivity contribution in [2.45, 2.75) is 12.8 Å². The maximum absolute atomic E-state index is 12.3. The van der Waals surface area contributed by atoms with Crippen LogP contribution >= 0.6 is 11.6 Å². The number of carbonyl (C=O) groups excluding carboxylic acids is 1. The van der Waals surface area contributed by atoms with Gasteiger partial charge < -0.3 is 15.4 Å². The molecule has 0 aliphatic rings. The van der Waals surface area contributed by atoms with Gasteiger partial charge in [-0.3, -0.25) is 4.79 Å². The molecule has 32 heavy (non-hydrogen) atoms. The Bertz CT molecular complexity index is 1210. The first-order valence-corrected chi connectivity index (χ1v) is 10.6. The van der Waals surface area contributed by atoms with E-state index in [1.54, 1.807) is 35.9 Å². The normalized spacial score (nSPS) is 10.8. The van der Waals surface area contributed by atoms with Crippen LogP contribution in [0.25, 0.3) is 5.65 Å². The average molecular weight is 451 g/mol. The molecule has 0 unspecified atom stereocenters. The summed E-state index contributed by atoms with van der Waals surface area (Å²) in [5.74, 6) is 2.06. The monoisotopic (exact) mass is 450 g/mol. The minimum absolute atomic E-state index is 0.185. The summed E-state index contributed by atoms with van der Waals surface area (Å²) in [5.41, 5.74) is 2.38. The van der Waals surface area contributed by atoms with E-state index >= 15 is 0 Å². The van der Waals surface area contributed by atoms with E-state index in [2.05, 4.69) is 25.9 Å². The minimum Gasteiger partial charge on any atom is -0.497 e. The summed E-state index contributed by atoms with van der Waals surface area (Å²) in [5, 5.41) is 19.7. The van der Waals surface area contributed by atoms with Gasteiger partial charge in [-0.25, -0.2) is 0 Å². The first-order valence-electron chi connectivity index (χ1n) is 10.2. The maximum atomic E-state index is 12.3. The molecular formula is C23H23ClN6O2. The van der Waals surface area contributed by atoms with Gasteiger partial charge in [-0.15, -0.1) is 15.3 Å². The number of hydrogen-bond donors (Lipinski definition) is 2. The average Bonchev–Trinajstić information content (AvgIpc) is 3.22. The van der Waals surface area contributed by atoms with Crippen LogP contribution in [-0.2, 0) is 12.8 Å². The van der Waals surface area contributed by atoms with E-state index in [0.717, 1.165) is 24.5 Å². The number of fused-ring (bicyclic) bond motifs is 1. The Morgan fingerprint density at radius 1 is 1.03 bits per heavy atom. The third-order valence-electron chi connectivity index (χ3n) is 4.93. The summed E-state index contributed by atoms with van der Waals surface area (Å²) >= 11 is 5.95. The number of ether oxygens (including phenoxy) is 1. The molecule has 0 bridgehead atoms. The number of methoxy groups -OCH3 is 1. The summed E-state index contributed by atoms with van der Waals surface area (Å²) in [6.45, 7) is 1.14. The lowest BCUT2D eigenvalue weighted by molar-refractivity contribution is 0.0954. The van der Waals surface area contributed by atoms with Crippen LogP contribution in [0.2, 0.25) is 5.02 Å². The number of carbonyl (C=O) groups is 1. The van der Waals surface area contributed by atoms with Crippen molar-refractivity contribution in [2.75, 3.05) is 25.5 Å². The number of anilines is 1. The Hall–Kier alpha value is -3.65. The van der Waals surface area contributed by atoms with Crippen LogP contribution in [0.15, 0.2) is 60.7 Å². The van der Waals surface area contributed by atoms with Gasteiger partial charge in [0.15, 0.2) is 11.5 Å². The van der Waals surface area contributed by atoms with Crippen molar-refractivity contribution >= 4 is 29.0 Å². The predicted molar refractivity (Wildman–Crippen MR) is 123 cm³/mol. The highest BCUT2D eigenvalue weighted by Crippen LogP contribution is 2.13. The van der Waals surface area contributed by atoms with Gasteiger partial charge in [-0.2, -0.15) is 4.52 Å². The molecule has 4 rings (SSSR count). The molecule has 4 aromatic rings. The standard InChI is InChI=1S/C23H23ClN6O2/c1-32-19-7-5-16(6-8-19)11-13-25-20-9-10-21-27-28-22(30(21)29-20)12-14-26-23(31)17-3-2-4-18(24)15-17/h2-10,15H,11-14H2,1H3,(H,25,29)(H,26,31). The van der Waals surface area contributed by atoms with Crippen molar-refractivity contribution in [2.24, 2.45) is 0 Å². The molecule has 0 radical (unpaired) electrons. The Balaban J connectivity index is 1.33. The molecule has 9 heteroatoms. The Kier molecular flexibility index (Phi) is 6.81. The number of hydrogen-bond acceptors (Lipinski definition) is 6. The molecule has 0 aliphatic heterocycles. The third-order valence-corrected chi connectivity index (χ3v) is 5.16. The molecule has 2 N–H and O–H groups in total. The van der Waals surface area contributed by atoms with E-state index in [0.29, 0.717) is 35.0 Å². The SMILES string of the molecule is COc1ccc(CCNc2ccc3nnc(CCNC(=O)c4cccc(Cl)c4)n3n2)cc1. The Labute approximate surface area is 190 Å². The molecule has 0 aliphatic carbocycles. The molecular weight excluding hydrogens is 428 g/mol. The lowest BCUT2D eigenvalue weighted by atomic mass is 10.1.